The summed E-state index contributed by atoms with van der Waals surface area (Å²) in [4.78, 5) is 19.0. The van der Waals surface area contributed by atoms with Crippen LogP contribution in [0.3, 0.4) is 0 Å². The van der Waals surface area contributed by atoms with E-state index >= 15 is 0 Å². The monoisotopic (exact) mass is 466 g/mol. The first-order valence-corrected chi connectivity index (χ1v) is 9.40. The van der Waals surface area contributed by atoms with Gasteiger partial charge in [-0.05, 0) is 23.3 Å². The number of hydrogen-bond donors (Lipinski definition) is 2. The summed E-state index contributed by atoms with van der Waals surface area (Å²) in [5.41, 5.74) is 1.63. The molecule has 174 valence electrons. The molecule has 4 rings (SSSR count). The quantitative estimate of drug-likeness (QED) is 0.200. The number of phenols is 2. The number of nitro groups is 2. The minimum Gasteiger partial charge on any atom is -0.619 e. The summed E-state index contributed by atoms with van der Waals surface area (Å²) in [5.74, 6) is -0.177. The first-order chi connectivity index (χ1) is 16.2. The summed E-state index contributed by atoms with van der Waals surface area (Å²) >= 11 is 0. The van der Waals surface area contributed by atoms with Crippen LogP contribution >= 0.6 is 0 Å². The Morgan fingerprint density at radius 1 is 0.588 bits per heavy atom. The molecule has 0 aliphatic carbocycles. The van der Waals surface area contributed by atoms with Crippen LogP contribution < -0.4 is 9.46 Å². The van der Waals surface area contributed by atoms with Crippen LogP contribution in [0.1, 0.15) is 0 Å². The van der Waals surface area contributed by atoms with E-state index in [-0.39, 0.29) is 22.9 Å². The summed E-state index contributed by atoms with van der Waals surface area (Å²) in [6.45, 7) is 0. The molecule has 0 fully saturated rings. The van der Waals surface area contributed by atoms with Crippen LogP contribution in [-0.4, -0.2) is 20.1 Å². The van der Waals surface area contributed by atoms with Crippen molar-refractivity contribution in [1.82, 2.24) is 0 Å². The van der Waals surface area contributed by atoms with Gasteiger partial charge in [0.1, 0.15) is 11.5 Å². The molecule has 2 N–H and O–H groups in total. The summed E-state index contributed by atoms with van der Waals surface area (Å²) < 4.78 is 1.44. The third-order valence-corrected chi connectivity index (χ3v) is 4.02. The molecule has 2 aromatic carbocycles. The smallest absolute Gasteiger partial charge is 0.273 e. The lowest BCUT2D eigenvalue weighted by molar-refractivity contribution is -0.605. The van der Waals surface area contributed by atoms with Crippen molar-refractivity contribution >= 4 is 11.4 Å². The molecule has 12 heteroatoms. The molecular weight excluding hydrogens is 448 g/mol. The predicted octanol–water partition coefficient (Wildman–Crippen LogP) is 3.22. The Labute approximate surface area is 192 Å². The Bertz CT molecular complexity index is 1150. The Morgan fingerprint density at radius 3 is 1.15 bits per heavy atom. The molecule has 12 nitrogen and oxygen atoms in total. The summed E-state index contributed by atoms with van der Waals surface area (Å²) in [5, 5.41) is 59.1. The molecule has 2 aromatic heterocycles. The Morgan fingerprint density at radius 2 is 0.912 bits per heavy atom. The van der Waals surface area contributed by atoms with Crippen LogP contribution in [0.2, 0.25) is 0 Å². The van der Waals surface area contributed by atoms with E-state index in [9.17, 15) is 30.6 Å². The fraction of sp³-hybridized carbons (Fsp3) is 0. The van der Waals surface area contributed by atoms with Gasteiger partial charge in [0.25, 0.3) is 11.4 Å². The SMILES string of the molecule is O=[N+]([O-])c1cccc(O)c1.O=[N+]([O-])c1cccc(O)c1.[O-][n+]1ccc(-c2cc[n+]([O-])cc2)cc1. The number of aromatic nitrogens is 2. The highest BCUT2D eigenvalue weighted by molar-refractivity contribution is 5.60. The number of benzene rings is 2. The second-order valence-corrected chi connectivity index (χ2v) is 6.45. The molecule has 2 heterocycles. The number of pyridine rings is 2. The summed E-state index contributed by atoms with van der Waals surface area (Å²) in [6, 6.07) is 17.3. The van der Waals surface area contributed by atoms with Crippen molar-refractivity contribution in [2.24, 2.45) is 0 Å². The number of nitro benzene ring substituents is 2. The van der Waals surface area contributed by atoms with Gasteiger partial charge < -0.3 is 20.6 Å². The molecule has 0 saturated heterocycles. The van der Waals surface area contributed by atoms with Crippen molar-refractivity contribution in [1.29, 1.82) is 0 Å². The molecular formula is C22H18N4O8. The second kappa shape index (κ2) is 12.0. The van der Waals surface area contributed by atoms with Crippen LogP contribution in [0, 0.1) is 30.6 Å². The van der Waals surface area contributed by atoms with Crippen LogP contribution in [-0.2, 0) is 0 Å². The van der Waals surface area contributed by atoms with Gasteiger partial charge in [-0.15, -0.1) is 0 Å². The van der Waals surface area contributed by atoms with Gasteiger partial charge >= 0.3 is 0 Å². The van der Waals surface area contributed by atoms with Crippen molar-refractivity contribution in [3.05, 3.63) is 128 Å². The molecule has 34 heavy (non-hydrogen) atoms. The van der Waals surface area contributed by atoms with E-state index in [1.54, 1.807) is 24.3 Å². The number of aromatic hydroxyl groups is 2. The Kier molecular flexibility index (Phi) is 8.79. The maximum atomic E-state index is 10.8. The summed E-state index contributed by atoms with van der Waals surface area (Å²) in [7, 11) is 0. The van der Waals surface area contributed by atoms with E-state index in [1.807, 2.05) is 0 Å². The minimum absolute atomic E-state index is 0.0887. The second-order valence-electron chi connectivity index (χ2n) is 6.45. The molecule has 0 radical (unpaired) electrons. The lowest BCUT2D eigenvalue weighted by atomic mass is 10.1. The van der Waals surface area contributed by atoms with Gasteiger partial charge in [0.15, 0.2) is 24.8 Å². The fourth-order valence-electron chi connectivity index (χ4n) is 2.42. The van der Waals surface area contributed by atoms with E-state index < -0.39 is 9.85 Å². The van der Waals surface area contributed by atoms with E-state index in [1.165, 1.54) is 61.2 Å². The number of hydrogen-bond acceptors (Lipinski definition) is 8. The molecule has 0 spiro atoms. The third-order valence-electron chi connectivity index (χ3n) is 4.02. The zero-order chi connectivity index (χ0) is 25.1. The van der Waals surface area contributed by atoms with Gasteiger partial charge in [-0.1, -0.05) is 12.1 Å². The van der Waals surface area contributed by atoms with Gasteiger partial charge in [0.2, 0.25) is 0 Å². The summed E-state index contributed by atoms with van der Waals surface area (Å²) in [6.07, 6.45) is 5.70. The van der Waals surface area contributed by atoms with Gasteiger partial charge in [0, 0.05) is 36.4 Å². The maximum Gasteiger partial charge on any atom is 0.273 e. The van der Waals surface area contributed by atoms with Gasteiger partial charge in [-0.25, -0.2) is 0 Å². The largest absolute Gasteiger partial charge is 0.619 e. The first kappa shape index (κ1) is 25.0. The van der Waals surface area contributed by atoms with Gasteiger partial charge in [-0.3, -0.25) is 20.2 Å². The predicted molar refractivity (Wildman–Crippen MR) is 119 cm³/mol. The van der Waals surface area contributed by atoms with Crippen LogP contribution in [0.5, 0.6) is 11.5 Å². The number of rotatable bonds is 3. The minimum atomic E-state index is -0.556. The highest BCUT2D eigenvalue weighted by Crippen LogP contribution is 2.18. The Hall–Kier alpha value is -5.26. The van der Waals surface area contributed by atoms with Gasteiger partial charge in [0.05, 0.1) is 22.0 Å². The van der Waals surface area contributed by atoms with E-state index in [0.29, 0.717) is 0 Å². The Balaban J connectivity index is 0.000000185. The molecule has 0 saturated carbocycles. The lowest BCUT2D eigenvalue weighted by Gasteiger charge is -2.00. The average Bonchev–Trinajstić information content (AvgIpc) is 2.81. The van der Waals surface area contributed by atoms with E-state index in [2.05, 4.69) is 0 Å². The van der Waals surface area contributed by atoms with Crippen molar-refractivity contribution in [2.45, 2.75) is 0 Å². The molecule has 0 unspecified atom stereocenters. The fourth-order valence-corrected chi connectivity index (χ4v) is 2.42. The van der Waals surface area contributed by atoms with E-state index in [4.69, 9.17) is 10.2 Å². The normalized spacial score (nSPS) is 9.53. The van der Waals surface area contributed by atoms with E-state index in [0.717, 1.165) is 32.7 Å². The number of phenolic OH excluding ortho intramolecular Hbond substituents is 2. The molecule has 4 aromatic rings. The molecule has 0 aliphatic rings. The molecule has 0 amide bonds. The zero-order valence-electron chi connectivity index (χ0n) is 17.4. The third kappa shape index (κ3) is 8.11. The molecule has 0 bridgehead atoms. The highest BCUT2D eigenvalue weighted by Gasteiger charge is 2.04. The average molecular weight is 466 g/mol. The van der Waals surface area contributed by atoms with Crippen molar-refractivity contribution < 1.29 is 29.5 Å². The lowest BCUT2D eigenvalue weighted by Crippen LogP contribution is -2.24. The first-order valence-electron chi connectivity index (χ1n) is 9.40. The van der Waals surface area contributed by atoms with Crippen LogP contribution in [0.15, 0.2) is 97.6 Å². The standard InChI is InChI=1S/C10H8N2O2.2C6H5NO3/c13-11-5-1-9(2-6-11)10-3-7-12(14)8-4-10;2*8-6-3-1-2-5(4-6)7(9)10/h1-8H;2*1-4,8H. The van der Waals surface area contributed by atoms with Crippen molar-refractivity contribution in [3.63, 3.8) is 0 Å². The zero-order valence-corrected chi connectivity index (χ0v) is 17.4. The maximum absolute atomic E-state index is 10.8. The van der Waals surface area contributed by atoms with Gasteiger partial charge in [-0.2, -0.15) is 9.46 Å². The topological polar surface area (TPSA) is 181 Å². The highest BCUT2D eigenvalue weighted by atomic mass is 16.6. The van der Waals surface area contributed by atoms with Crippen molar-refractivity contribution in [3.8, 4) is 22.6 Å². The van der Waals surface area contributed by atoms with Crippen LogP contribution in [0.25, 0.3) is 11.1 Å². The molecule has 0 atom stereocenters. The number of nitrogens with zero attached hydrogens (tertiary/aromatic N) is 4. The van der Waals surface area contributed by atoms with Crippen molar-refractivity contribution in [2.75, 3.05) is 0 Å². The molecule has 0 aliphatic heterocycles. The number of non-ortho nitro benzene ring substituents is 2. The van der Waals surface area contributed by atoms with Crippen LogP contribution in [0.4, 0.5) is 11.4 Å².